The average molecular weight is 279 g/mol. The van der Waals surface area contributed by atoms with E-state index in [-0.39, 0.29) is 5.69 Å². The lowest BCUT2D eigenvalue weighted by Gasteiger charge is -2.09. The molecule has 0 bridgehead atoms. The Balaban J connectivity index is 2.06. The van der Waals surface area contributed by atoms with Gasteiger partial charge in [-0.1, -0.05) is 6.07 Å². The number of carbonyl (C=O) groups excluding carboxylic acids is 2. The van der Waals surface area contributed by atoms with Crippen LogP contribution in [0.1, 0.15) is 17.4 Å². The van der Waals surface area contributed by atoms with Gasteiger partial charge in [0.05, 0.1) is 17.7 Å². The van der Waals surface area contributed by atoms with E-state index in [1.165, 1.54) is 7.11 Å². The Morgan fingerprint density at radius 1 is 1.53 bits per heavy atom. The van der Waals surface area contributed by atoms with E-state index in [0.717, 1.165) is 10.6 Å². The predicted molar refractivity (Wildman–Crippen MR) is 70.8 cm³/mol. The van der Waals surface area contributed by atoms with Crippen molar-refractivity contribution in [3.63, 3.8) is 0 Å². The first kappa shape index (κ1) is 13.3. The number of amides is 1. The van der Waals surface area contributed by atoms with Gasteiger partial charge in [-0.2, -0.15) is 5.10 Å². The van der Waals surface area contributed by atoms with Gasteiger partial charge in [-0.25, -0.2) is 4.79 Å². The lowest BCUT2D eigenvalue weighted by molar-refractivity contribution is -0.142. The van der Waals surface area contributed by atoms with Crippen LogP contribution in [0.5, 0.6) is 0 Å². The number of H-pyrrole nitrogens is 1. The van der Waals surface area contributed by atoms with Gasteiger partial charge >= 0.3 is 5.97 Å². The van der Waals surface area contributed by atoms with Crippen LogP contribution in [0.15, 0.2) is 23.6 Å². The number of thiophene rings is 1. The Bertz CT molecular complexity index is 577. The average Bonchev–Trinajstić information content (AvgIpc) is 3.07. The molecule has 1 amide bonds. The zero-order chi connectivity index (χ0) is 13.8. The van der Waals surface area contributed by atoms with Crippen molar-refractivity contribution in [3.05, 3.63) is 29.3 Å². The van der Waals surface area contributed by atoms with Crippen LogP contribution in [0.4, 0.5) is 0 Å². The van der Waals surface area contributed by atoms with E-state index in [4.69, 9.17) is 0 Å². The standard InChI is InChI=1S/C12H13N3O3S/c1-7(12(17)18-2)13-11(16)9-6-8(14-15-9)10-4-3-5-19-10/h3-7H,1-2H3,(H,13,16)(H,14,15)/t7-/m0/s1. The fraction of sp³-hybridized carbons (Fsp3) is 0.250. The number of rotatable bonds is 4. The predicted octanol–water partition coefficient (Wildman–Crippen LogP) is 1.43. The number of nitrogens with zero attached hydrogens (tertiary/aromatic N) is 1. The molecule has 0 aliphatic carbocycles. The summed E-state index contributed by atoms with van der Waals surface area (Å²) >= 11 is 1.55. The molecule has 1 atom stereocenters. The van der Waals surface area contributed by atoms with Crippen LogP contribution in [0.2, 0.25) is 0 Å². The highest BCUT2D eigenvalue weighted by atomic mass is 32.1. The number of aromatic nitrogens is 2. The molecule has 0 saturated heterocycles. The van der Waals surface area contributed by atoms with Gasteiger partial charge in [0.15, 0.2) is 5.69 Å². The van der Waals surface area contributed by atoms with Gasteiger partial charge in [0, 0.05) is 0 Å². The summed E-state index contributed by atoms with van der Waals surface area (Å²) in [5.74, 6) is -0.917. The molecule has 0 fully saturated rings. The minimum absolute atomic E-state index is 0.235. The van der Waals surface area contributed by atoms with Gasteiger partial charge in [-0.3, -0.25) is 9.89 Å². The van der Waals surface area contributed by atoms with Gasteiger partial charge in [-0.05, 0) is 24.4 Å². The number of carbonyl (C=O) groups is 2. The van der Waals surface area contributed by atoms with Crippen molar-refractivity contribution in [2.45, 2.75) is 13.0 Å². The molecule has 0 aliphatic heterocycles. The van der Waals surface area contributed by atoms with Crippen LogP contribution in [0, 0.1) is 0 Å². The summed E-state index contributed by atoms with van der Waals surface area (Å²) < 4.78 is 4.53. The number of hydrogen-bond donors (Lipinski definition) is 2. The van der Waals surface area contributed by atoms with Gasteiger partial charge in [0.2, 0.25) is 0 Å². The highest BCUT2D eigenvalue weighted by molar-refractivity contribution is 7.13. The molecular weight excluding hydrogens is 266 g/mol. The lowest BCUT2D eigenvalue weighted by atomic mass is 10.3. The summed E-state index contributed by atoms with van der Waals surface area (Å²) in [5.41, 5.74) is 1.00. The van der Waals surface area contributed by atoms with E-state index in [0.29, 0.717) is 0 Å². The third kappa shape index (κ3) is 3.00. The number of esters is 1. The van der Waals surface area contributed by atoms with Crippen molar-refractivity contribution in [3.8, 4) is 10.6 Å². The summed E-state index contributed by atoms with van der Waals surface area (Å²) in [7, 11) is 1.27. The smallest absolute Gasteiger partial charge is 0.328 e. The van der Waals surface area contributed by atoms with Gasteiger partial charge in [-0.15, -0.1) is 11.3 Å². The molecule has 100 valence electrons. The van der Waals surface area contributed by atoms with Gasteiger partial charge < -0.3 is 10.1 Å². The van der Waals surface area contributed by atoms with Crippen LogP contribution in [0.25, 0.3) is 10.6 Å². The molecule has 0 saturated carbocycles. The quantitative estimate of drug-likeness (QED) is 0.829. The number of methoxy groups -OCH3 is 1. The number of aromatic amines is 1. The van der Waals surface area contributed by atoms with E-state index in [2.05, 4.69) is 20.3 Å². The van der Waals surface area contributed by atoms with Crippen molar-refractivity contribution < 1.29 is 14.3 Å². The normalized spacial score (nSPS) is 11.9. The maximum absolute atomic E-state index is 11.9. The van der Waals surface area contributed by atoms with Crippen molar-refractivity contribution in [2.75, 3.05) is 7.11 Å². The van der Waals surface area contributed by atoms with E-state index in [9.17, 15) is 9.59 Å². The Morgan fingerprint density at radius 2 is 2.32 bits per heavy atom. The third-order valence-electron chi connectivity index (χ3n) is 2.50. The molecule has 2 aromatic heterocycles. The van der Waals surface area contributed by atoms with Crippen LogP contribution < -0.4 is 5.32 Å². The summed E-state index contributed by atoms with van der Waals surface area (Å²) in [4.78, 5) is 24.1. The lowest BCUT2D eigenvalue weighted by Crippen LogP contribution is -2.39. The van der Waals surface area contributed by atoms with Crippen molar-refractivity contribution >= 4 is 23.2 Å². The summed E-state index contributed by atoms with van der Waals surface area (Å²) in [5, 5.41) is 11.2. The Hall–Kier alpha value is -2.15. The van der Waals surface area contributed by atoms with Crippen molar-refractivity contribution in [1.29, 1.82) is 0 Å². The molecule has 2 aromatic rings. The largest absolute Gasteiger partial charge is 0.467 e. The second-order valence-corrected chi connectivity index (χ2v) is 4.81. The third-order valence-corrected chi connectivity index (χ3v) is 3.40. The number of nitrogens with one attached hydrogen (secondary N) is 2. The summed E-state index contributed by atoms with van der Waals surface area (Å²) in [6.07, 6.45) is 0. The van der Waals surface area contributed by atoms with E-state index < -0.39 is 17.9 Å². The molecule has 2 N–H and O–H groups in total. The minimum atomic E-state index is -0.709. The molecule has 19 heavy (non-hydrogen) atoms. The zero-order valence-corrected chi connectivity index (χ0v) is 11.3. The van der Waals surface area contributed by atoms with Crippen LogP contribution in [-0.4, -0.2) is 35.2 Å². The molecule has 7 heteroatoms. The highest BCUT2D eigenvalue weighted by Crippen LogP contribution is 2.22. The zero-order valence-electron chi connectivity index (χ0n) is 10.5. The van der Waals surface area contributed by atoms with E-state index in [1.54, 1.807) is 24.3 Å². The highest BCUT2D eigenvalue weighted by Gasteiger charge is 2.19. The van der Waals surface area contributed by atoms with Gasteiger partial charge in [0.1, 0.15) is 6.04 Å². The number of ether oxygens (including phenoxy) is 1. The Morgan fingerprint density at radius 3 is 2.95 bits per heavy atom. The SMILES string of the molecule is COC(=O)[C@H](C)NC(=O)c1cc(-c2cccs2)[nH]n1. The molecule has 6 nitrogen and oxygen atoms in total. The topological polar surface area (TPSA) is 84.1 Å². The van der Waals surface area contributed by atoms with Crippen LogP contribution >= 0.6 is 11.3 Å². The summed E-state index contributed by atoms with van der Waals surface area (Å²) in [6, 6.07) is 4.78. The molecule has 0 unspecified atom stereocenters. The van der Waals surface area contributed by atoms with Gasteiger partial charge in [0.25, 0.3) is 5.91 Å². The molecule has 0 radical (unpaired) electrons. The minimum Gasteiger partial charge on any atom is -0.467 e. The maximum Gasteiger partial charge on any atom is 0.328 e. The maximum atomic E-state index is 11.9. The molecule has 2 heterocycles. The Labute approximate surface area is 113 Å². The molecule has 0 aliphatic rings. The first-order chi connectivity index (χ1) is 9.11. The molecule has 2 rings (SSSR count). The van der Waals surface area contributed by atoms with Crippen LogP contribution in [0.3, 0.4) is 0 Å². The first-order valence-electron chi connectivity index (χ1n) is 5.60. The second kappa shape index (κ2) is 5.66. The van der Waals surface area contributed by atoms with Crippen LogP contribution in [-0.2, 0) is 9.53 Å². The fourth-order valence-electron chi connectivity index (χ4n) is 1.50. The molecule has 0 aromatic carbocycles. The van der Waals surface area contributed by atoms with E-state index >= 15 is 0 Å². The fourth-order valence-corrected chi connectivity index (χ4v) is 2.19. The number of hydrogen-bond acceptors (Lipinski definition) is 5. The summed E-state index contributed by atoms with van der Waals surface area (Å²) in [6.45, 7) is 1.55. The monoisotopic (exact) mass is 279 g/mol. The van der Waals surface area contributed by atoms with E-state index in [1.807, 2.05) is 17.5 Å². The second-order valence-electron chi connectivity index (χ2n) is 3.86. The Kier molecular flexibility index (Phi) is 3.96. The molecular formula is C12H13N3O3S. The van der Waals surface area contributed by atoms with Crippen molar-refractivity contribution in [2.24, 2.45) is 0 Å². The van der Waals surface area contributed by atoms with Crippen molar-refractivity contribution in [1.82, 2.24) is 15.5 Å². The first-order valence-corrected chi connectivity index (χ1v) is 6.47. The molecule has 0 spiro atoms.